The average molecular weight is 521 g/mol. The summed E-state index contributed by atoms with van der Waals surface area (Å²) in [4.78, 5) is 12.5. The Labute approximate surface area is 213 Å². The van der Waals surface area contributed by atoms with Crippen molar-refractivity contribution in [1.82, 2.24) is 0 Å². The van der Waals surface area contributed by atoms with Gasteiger partial charge in [0.2, 0.25) is 0 Å². The fourth-order valence-electron chi connectivity index (χ4n) is 3.64. The maximum Gasteiger partial charge on any atom is 0.398 e. The van der Waals surface area contributed by atoms with Gasteiger partial charge in [0.1, 0.15) is 30.6 Å². The number of hydrogen-bond acceptors (Lipinski definition) is 5. The molecule has 0 saturated carbocycles. The number of unbranched alkanes of at least 4 members (excludes halogenated alkanes) is 2. The number of rotatable bonds is 12. The van der Waals surface area contributed by atoms with Crippen molar-refractivity contribution in [1.29, 1.82) is 0 Å². The van der Waals surface area contributed by atoms with E-state index >= 15 is 0 Å². The number of alkyl halides is 3. The summed E-state index contributed by atoms with van der Waals surface area (Å²) in [5.74, 6) is -1.70. The Bertz CT molecular complexity index is 1200. The van der Waals surface area contributed by atoms with Crippen LogP contribution < -0.4 is 9.47 Å². The predicted molar refractivity (Wildman–Crippen MR) is 138 cm³/mol. The van der Waals surface area contributed by atoms with Crippen molar-refractivity contribution >= 4 is 27.4 Å². The number of benzene rings is 2. The summed E-state index contributed by atoms with van der Waals surface area (Å²) in [6, 6.07) is 13.5. The number of halogens is 3. The van der Waals surface area contributed by atoms with Crippen LogP contribution >= 0.6 is 11.3 Å². The SMILES string of the molecule is C=C(C)C(=O)OCC(COc1ccc2cc(-c3ccc(CCCCC)cc3OC)sc2c1)C(F)(F)F. The van der Waals surface area contributed by atoms with Crippen LogP contribution in [0, 0.1) is 5.92 Å². The highest BCUT2D eigenvalue weighted by Gasteiger charge is 2.41. The second kappa shape index (κ2) is 12.3. The van der Waals surface area contributed by atoms with Crippen LogP contribution in [0.4, 0.5) is 13.2 Å². The Balaban J connectivity index is 1.74. The number of fused-ring (bicyclic) bond motifs is 1. The van der Waals surface area contributed by atoms with Crippen LogP contribution in [0.3, 0.4) is 0 Å². The molecule has 0 aliphatic rings. The van der Waals surface area contributed by atoms with Crippen LogP contribution in [0.25, 0.3) is 20.5 Å². The van der Waals surface area contributed by atoms with Crippen molar-refractivity contribution < 1.29 is 32.2 Å². The van der Waals surface area contributed by atoms with Crippen LogP contribution in [-0.4, -0.2) is 32.5 Å². The minimum absolute atomic E-state index is 0.0403. The molecule has 1 heterocycles. The Hall–Kier alpha value is -3.00. The molecule has 2 aromatic carbocycles. The largest absolute Gasteiger partial charge is 0.496 e. The number of thiophene rings is 1. The monoisotopic (exact) mass is 520 g/mol. The zero-order valence-electron chi connectivity index (χ0n) is 20.7. The summed E-state index contributed by atoms with van der Waals surface area (Å²) < 4.78 is 56.9. The molecule has 4 nitrogen and oxygen atoms in total. The van der Waals surface area contributed by atoms with Gasteiger partial charge in [0.15, 0.2) is 0 Å². The quantitative estimate of drug-likeness (QED) is 0.138. The third-order valence-corrected chi connectivity index (χ3v) is 6.90. The fraction of sp³-hybridized carbons (Fsp3) is 0.393. The number of esters is 1. The summed E-state index contributed by atoms with van der Waals surface area (Å²) in [6.45, 7) is 5.45. The van der Waals surface area contributed by atoms with Gasteiger partial charge in [-0.15, -0.1) is 11.3 Å². The van der Waals surface area contributed by atoms with E-state index in [9.17, 15) is 18.0 Å². The molecule has 3 rings (SSSR count). The Morgan fingerprint density at radius 3 is 2.53 bits per heavy atom. The van der Waals surface area contributed by atoms with E-state index in [0.717, 1.165) is 39.1 Å². The van der Waals surface area contributed by atoms with E-state index in [4.69, 9.17) is 14.2 Å². The van der Waals surface area contributed by atoms with E-state index in [1.165, 1.54) is 36.7 Å². The molecule has 0 spiro atoms. The van der Waals surface area contributed by atoms with Gasteiger partial charge >= 0.3 is 12.1 Å². The zero-order valence-corrected chi connectivity index (χ0v) is 21.6. The highest BCUT2D eigenvalue weighted by Crippen LogP contribution is 2.40. The van der Waals surface area contributed by atoms with E-state index in [-0.39, 0.29) is 5.57 Å². The highest BCUT2D eigenvalue weighted by atomic mass is 32.1. The second-order valence-corrected chi connectivity index (χ2v) is 9.81. The summed E-state index contributed by atoms with van der Waals surface area (Å²) in [6.07, 6.45) is -0.0793. The molecule has 0 fully saturated rings. The van der Waals surface area contributed by atoms with E-state index in [0.29, 0.717) is 5.75 Å². The summed E-state index contributed by atoms with van der Waals surface area (Å²) in [7, 11) is 1.65. The van der Waals surface area contributed by atoms with E-state index < -0.39 is 31.3 Å². The highest BCUT2D eigenvalue weighted by molar-refractivity contribution is 7.22. The van der Waals surface area contributed by atoms with Crippen molar-refractivity contribution in [2.24, 2.45) is 5.92 Å². The first-order valence-electron chi connectivity index (χ1n) is 11.9. The van der Waals surface area contributed by atoms with Crippen LogP contribution in [0.1, 0.15) is 38.7 Å². The van der Waals surface area contributed by atoms with Gasteiger partial charge in [-0.25, -0.2) is 4.79 Å². The average Bonchev–Trinajstić information content (AvgIpc) is 3.26. The van der Waals surface area contributed by atoms with Crippen molar-refractivity contribution in [3.8, 4) is 21.9 Å². The molecule has 194 valence electrons. The second-order valence-electron chi connectivity index (χ2n) is 8.73. The Kier molecular flexibility index (Phi) is 9.43. The number of aryl methyl sites for hydroxylation is 1. The summed E-state index contributed by atoms with van der Waals surface area (Å²) in [5.41, 5.74) is 2.24. The Morgan fingerprint density at radius 1 is 1.08 bits per heavy atom. The van der Waals surface area contributed by atoms with Crippen LogP contribution in [0.5, 0.6) is 11.5 Å². The third-order valence-electron chi connectivity index (χ3n) is 5.77. The molecule has 0 saturated heterocycles. The molecule has 0 N–H and O–H groups in total. The lowest BCUT2D eigenvalue weighted by Crippen LogP contribution is -2.33. The Morgan fingerprint density at radius 2 is 1.86 bits per heavy atom. The van der Waals surface area contributed by atoms with Crippen molar-refractivity contribution in [2.45, 2.75) is 45.7 Å². The molecule has 0 radical (unpaired) electrons. The fourth-order valence-corrected chi connectivity index (χ4v) is 4.76. The normalized spacial score (nSPS) is 12.4. The van der Waals surface area contributed by atoms with Gasteiger partial charge in [0, 0.05) is 20.7 Å². The lowest BCUT2D eigenvalue weighted by atomic mass is 10.0. The summed E-state index contributed by atoms with van der Waals surface area (Å²) in [5, 5.41) is 0.958. The molecule has 8 heteroatoms. The molecule has 1 atom stereocenters. The van der Waals surface area contributed by atoms with Crippen molar-refractivity contribution in [2.75, 3.05) is 20.3 Å². The number of hydrogen-bond donors (Lipinski definition) is 0. The number of carbonyl (C=O) groups excluding carboxylic acids is 1. The minimum Gasteiger partial charge on any atom is -0.496 e. The standard InChI is InChI=1S/C28H31F3O4S/c1-5-6-7-8-19-9-12-23(24(13-19)33-4)26-14-20-10-11-22(15-25(20)36-26)34-16-21(28(29,30)31)17-35-27(32)18(2)3/h9-15,21H,2,5-8,16-17H2,1,3-4H3. The van der Waals surface area contributed by atoms with Gasteiger partial charge in [0.05, 0.1) is 7.11 Å². The van der Waals surface area contributed by atoms with Crippen LogP contribution in [-0.2, 0) is 16.0 Å². The first kappa shape index (κ1) is 27.6. The van der Waals surface area contributed by atoms with Gasteiger partial charge in [-0.3, -0.25) is 0 Å². The first-order valence-corrected chi connectivity index (χ1v) is 12.7. The van der Waals surface area contributed by atoms with Gasteiger partial charge in [0.25, 0.3) is 0 Å². The lowest BCUT2D eigenvalue weighted by Gasteiger charge is -2.20. The van der Waals surface area contributed by atoms with E-state index in [1.54, 1.807) is 19.2 Å². The molecule has 1 aromatic heterocycles. The van der Waals surface area contributed by atoms with Crippen molar-refractivity contribution in [3.63, 3.8) is 0 Å². The molecule has 0 bridgehead atoms. The van der Waals surface area contributed by atoms with Crippen molar-refractivity contribution in [3.05, 3.63) is 60.2 Å². The molecule has 3 aromatic rings. The number of carbonyl (C=O) groups is 1. The van der Waals surface area contributed by atoms with Gasteiger partial charge in [-0.05, 0) is 67.1 Å². The maximum absolute atomic E-state index is 13.4. The topological polar surface area (TPSA) is 44.8 Å². The third kappa shape index (κ3) is 7.26. The minimum atomic E-state index is -4.57. The van der Waals surface area contributed by atoms with E-state index in [2.05, 4.69) is 31.7 Å². The molecule has 0 aliphatic heterocycles. The zero-order chi connectivity index (χ0) is 26.3. The number of ether oxygens (including phenoxy) is 3. The molecular formula is C28H31F3O4S. The first-order chi connectivity index (χ1) is 17.1. The van der Waals surface area contributed by atoms with E-state index in [1.807, 2.05) is 12.1 Å². The number of methoxy groups -OCH3 is 1. The molecule has 0 aliphatic carbocycles. The molecule has 1 unspecified atom stereocenters. The van der Waals surface area contributed by atoms with Crippen LogP contribution in [0.2, 0.25) is 0 Å². The van der Waals surface area contributed by atoms with Gasteiger partial charge in [-0.2, -0.15) is 13.2 Å². The van der Waals surface area contributed by atoms with Gasteiger partial charge in [-0.1, -0.05) is 32.4 Å². The van der Waals surface area contributed by atoms with Gasteiger partial charge < -0.3 is 14.2 Å². The van der Waals surface area contributed by atoms with Crippen LogP contribution in [0.15, 0.2) is 54.6 Å². The smallest absolute Gasteiger partial charge is 0.398 e. The summed E-state index contributed by atoms with van der Waals surface area (Å²) >= 11 is 1.52. The predicted octanol–water partition coefficient (Wildman–Crippen LogP) is 7.99. The lowest BCUT2D eigenvalue weighted by molar-refractivity contribution is -0.196. The maximum atomic E-state index is 13.4. The molecular weight excluding hydrogens is 489 g/mol. The molecule has 36 heavy (non-hydrogen) atoms. The molecule has 0 amide bonds.